The summed E-state index contributed by atoms with van der Waals surface area (Å²) in [5, 5.41) is 0. The molecule has 0 spiro atoms. The summed E-state index contributed by atoms with van der Waals surface area (Å²) in [5.74, 6) is -0.230. The molecule has 0 aromatic rings. The minimum Gasteiger partial charge on any atom is -0.466 e. The van der Waals surface area contributed by atoms with Crippen LogP contribution in [0.2, 0.25) is 0 Å². The molecule has 0 heterocycles. The highest BCUT2D eigenvalue weighted by Gasteiger charge is 1.90. The van der Waals surface area contributed by atoms with E-state index in [0.717, 1.165) is 6.42 Å². The van der Waals surface area contributed by atoms with Crippen molar-refractivity contribution in [2.75, 3.05) is 20.3 Å². The van der Waals surface area contributed by atoms with Crippen molar-refractivity contribution in [2.24, 2.45) is 0 Å². The number of hydrogen-bond acceptors (Lipinski definition) is 3. The molecule has 0 N–H and O–H groups in total. The van der Waals surface area contributed by atoms with Gasteiger partial charge in [-0.2, -0.15) is 0 Å². The van der Waals surface area contributed by atoms with Gasteiger partial charge in [0, 0.05) is 27.1 Å². The fourth-order valence-electron chi connectivity index (χ4n) is 0.419. The normalized spacial score (nSPS) is 9.11. The molecular formula is C6H12O3. The van der Waals surface area contributed by atoms with Gasteiger partial charge in [0.15, 0.2) is 0 Å². The van der Waals surface area contributed by atoms with Crippen LogP contribution in [0.15, 0.2) is 0 Å². The molecule has 0 fully saturated rings. The smallest absolute Gasteiger partial charge is 0.302 e. The summed E-state index contributed by atoms with van der Waals surface area (Å²) in [4.78, 5) is 10.1. The van der Waals surface area contributed by atoms with Crippen molar-refractivity contribution in [3.63, 3.8) is 0 Å². The quantitative estimate of drug-likeness (QED) is 0.414. The van der Waals surface area contributed by atoms with Crippen LogP contribution in [0.25, 0.3) is 0 Å². The Labute approximate surface area is 55.0 Å². The number of ether oxygens (including phenoxy) is 2. The highest BCUT2D eigenvalue weighted by Crippen LogP contribution is 1.82. The van der Waals surface area contributed by atoms with Gasteiger partial charge in [0.2, 0.25) is 0 Å². The van der Waals surface area contributed by atoms with Crippen molar-refractivity contribution in [3.05, 3.63) is 0 Å². The second-order valence-electron chi connectivity index (χ2n) is 1.69. The lowest BCUT2D eigenvalue weighted by Crippen LogP contribution is -2.02. The van der Waals surface area contributed by atoms with Crippen LogP contribution in [0, 0.1) is 0 Å². The molecule has 0 atom stereocenters. The molecule has 0 radical (unpaired) electrons. The van der Waals surface area contributed by atoms with Crippen LogP contribution in [0.1, 0.15) is 13.3 Å². The number of methoxy groups -OCH3 is 1. The summed E-state index contributed by atoms with van der Waals surface area (Å²) < 4.78 is 9.36. The molecule has 0 rings (SSSR count). The standard InChI is InChI=1S/C6H12O3/c1-6(7)9-5-3-4-8-2/h3-5H2,1-2H3. The Bertz CT molecular complexity index is 80.4. The molecule has 3 nitrogen and oxygen atoms in total. The zero-order chi connectivity index (χ0) is 7.11. The van der Waals surface area contributed by atoms with Crippen molar-refractivity contribution >= 4 is 5.97 Å². The van der Waals surface area contributed by atoms with Crippen LogP contribution in [0.4, 0.5) is 0 Å². The first-order valence-electron chi connectivity index (χ1n) is 2.89. The lowest BCUT2D eigenvalue weighted by molar-refractivity contribution is -0.141. The van der Waals surface area contributed by atoms with Crippen LogP contribution in [-0.4, -0.2) is 26.3 Å². The third kappa shape index (κ3) is 7.43. The maximum Gasteiger partial charge on any atom is 0.302 e. The van der Waals surface area contributed by atoms with E-state index in [1.807, 2.05) is 0 Å². The molecular weight excluding hydrogens is 120 g/mol. The highest BCUT2D eigenvalue weighted by atomic mass is 16.5. The second-order valence-corrected chi connectivity index (χ2v) is 1.69. The third-order valence-corrected chi connectivity index (χ3v) is 0.798. The second kappa shape index (κ2) is 5.56. The molecule has 0 bridgehead atoms. The fraction of sp³-hybridized carbons (Fsp3) is 0.833. The van der Waals surface area contributed by atoms with E-state index in [9.17, 15) is 4.79 Å². The summed E-state index contributed by atoms with van der Waals surface area (Å²) in [7, 11) is 1.62. The summed E-state index contributed by atoms with van der Waals surface area (Å²) in [5.41, 5.74) is 0. The molecule has 0 saturated heterocycles. The molecule has 9 heavy (non-hydrogen) atoms. The van der Waals surface area contributed by atoms with E-state index in [1.165, 1.54) is 6.92 Å². The van der Waals surface area contributed by atoms with E-state index in [2.05, 4.69) is 4.74 Å². The minimum atomic E-state index is -0.230. The van der Waals surface area contributed by atoms with Gasteiger partial charge in [0.1, 0.15) is 0 Å². The van der Waals surface area contributed by atoms with E-state index in [0.29, 0.717) is 13.2 Å². The van der Waals surface area contributed by atoms with Crippen molar-refractivity contribution in [3.8, 4) is 0 Å². The first kappa shape index (κ1) is 8.43. The average Bonchev–Trinajstić information content (AvgIpc) is 1.80. The Balaban J connectivity index is 2.83. The van der Waals surface area contributed by atoms with E-state index < -0.39 is 0 Å². The maximum absolute atomic E-state index is 10.1. The molecule has 0 aromatic heterocycles. The Morgan fingerprint density at radius 3 is 2.56 bits per heavy atom. The Morgan fingerprint density at radius 1 is 1.44 bits per heavy atom. The molecule has 0 aromatic carbocycles. The molecule has 0 aliphatic carbocycles. The summed E-state index contributed by atoms with van der Waals surface area (Å²) in [6, 6.07) is 0. The van der Waals surface area contributed by atoms with Gasteiger partial charge < -0.3 is 9.47 Å². The van der Waals surface area contributed by atoms with Crippen molar-refractivity contribution in [1.82, 2.24) is 0 Å². The van der Waals surface area contributed by atoms with Gasteiger partial charge in [-0.25, -0.2) is 0 Å². The minimum absolute atomic E-state index is 0.230. The zero-order valence-corrected chi connectivity index (χ0v) is 5.85. The van der Waals surface area contributed by atoms with Gasteiger partial charge in [-0.1, -0.05) is 0 Å². The van der Waals surface area contributed by atoms with Gasteiger partial charge >= 0.3 is 5.97 Å². The molecule has 0 amide bonds. The monoisotopic (exact) mass is 132 g/mol. The van der Waals surface area contributed by atoms with E-state index >= 15 is 0 Å². The van der Waals surface area contributed by atoms with Crippen molar-refractivity contribution in [2.45, 2.75) is 13.3 Å². The van der Waals surface area contributed by atoms with E-state index in [-0.39, 0.29) is 5.97 Å². The third-order valence-electron chi connectivity index (χ3n) is 0.798. The Kier molecular flexibility index (Phi) is 5.21. The molecule has 0 saturated carbocycles. The highest BCUT2D eigenvalue weighted by molar-refractivity contribution is 5.65. The topological polar surface area (TPSA) is 35.5 Å². The van der Waals surface area contributed by atoms with Crippen LogP contribution < -0.4 is 0 Å². The first-order chi connectivity index (χ1) is 4.27. The summed E-state index contributed by atoms with van der Waals surface area (Å²) in [6.45, 7) is 2.50. The predicted octanol–water partition coefficient (Wildman–Crippen LogP) is 0.586. The fourth-order valence-corrected chi connectivity index (χ4v) is 0.419. The Morgan fingerprint density at radius 2 is 2.11 bits per heavy atom. The Hall–Kier alpha value is -0.570. The number of carbonyl (C=O) groups excluding carboxylic acids is 1. The number of esters is 1. The van der Waals surface area contributed by atoms with Crippen molar-refractivity contribution in [1.29, 1.82) is 0 Å². The van der Waals surface area contributed by atoms with E-state index in [1.54, 1.807) is 7.11 Å². The zero-order valence-electron chi connectivity index (χ0n) is 5.85. The van der Waals surface area contributed by atoms with Crippen LogP contribution in [0.5, 0.6) is 0 Å². The van der Waals surface area contributed by atoms with Crippen LogP contribution in [0.3, 0.4) is 0 Å². The van der Waals surface area contributed by atoms with Crippen LogP contribution >= 0.6 is 0 Å². The molecule has 0 unspecified atom stereocenters. The van der Waals surface area contributed by atoms with Gasteiger partial charge in [0.05, 0.1) is 6.61 Å². The van der Waals surface area contributed by atoms with Gasteiger partial charge in [-0.05, 0) is 0 Å². The average molecular weight is 132 g/mol. The molecule has 54 valence electrons. The molecule has 3 heteroatoms. The lowest BCUT2D eigenvalue weighted by atomic mass is 10.5. The summed E-state index contributed by atoms with van der Waals surface area (Å²) in [6.07, 6.45) is 0.774. The van der Waals surface area contributed by atoms with Crippen LogP contribution in [-0.2, 0) is 14.3 Å². The summed E-state index contributed by atoms with van der Waals surface area (Å²) >= 11 is 0. The van der Waals surface area contributed by atoms with Gasteiger partial charge in [-0.15, -0.1) is 0 Å². The maximum atomic E-state index is 10.1. The number of hydrogen-bond donors (Lipinski definition) is 0. The van der Waals surface area contributed by atoms with E-state index in [4.69, 9.17) is 4.74 Å². The molecule has 0 aliphatic heterocycles. The molecule has 0 aliphatic rings. The lowest BCUT2D eigenvalue weighted by Gasteiger charge is -1.98. The van der Waals surface area contributed by atoms with Gasteiger partial charge in [0.25, 0.3) is 0 Å². The largest absolute Gasteiger partial charge is 0.466 e. The SMILES string of the molecule is COCCCOC(C)=O. The van der Waals surface area contributed by atoms with Crippen molar-refractivity contribution < 1.29 is 14.3 Å². The number of carbonyl (C=O) groups is 1. The predicted molar refractivity (Wildman–Crippen MR) is 33.1 cm³/mol. The number of rotatable bonds is 4. The van der Waals surface area contributed by atoms with Gasteiger partial charge in [-0.3, -0.25) is 4.79 Å². The first-order valence-corrected chi connectivity index (χ1v) is 2.89.